The summed E-state index contributed by atoms with van der Waals surface area (Å²) >= 11 is 0. The molecule has 0 spiro atoms. The van der Waals surface area contributed by atoms with Gasteiger partial charge in [-0.25, -0.2) is 8.42 Å². The number of esters is 1. The molecule has 1 rings (SSSR count). The largest absolute Gasteiger partial charge is 0.457 e. The highest BCUT2D eigenvalue weighted by molar-refractivity contribution is 7.92. The Hall–Kier alpha value is -2.40. The molecule has 0 amide bonds. The van der Waals surface area contributed by atoms with E-state index >= 15 is 0 Å². The number of Topliss-reactive ketones (excluding diaryl/α,β-unsaturated/α-hetero) is 1. The maximum Gasteiger partial charge on any atom is 0.320 e. The zero-order chi connectivity index (χ0) is 20.1. The number of anilines is 1. The molecule has 7 nitrogen and oxygen atoms in total. The van der Waals surface area contributed by atoms with Crippen LogP contribution in [-0.2, 0) is 19.6 Å². The summed E-state index contributed by atoms with van der Waals surface area (Å²) < 4.78 is 31.3. The Morgan fingerprint density at radius 1 is 1.07 bits per heavy atom. The number of benzene rings is 1. The number of carbonyl (C=O) groups is 2. The lowest BCUT2D eigenvalue weighted by molar-refractivity contribution is -0.141. The summed E-state index contributed by atoms with van der Waals surface area (Å²) in [5.74, 6) is -1.12. The first kappa shape index (κ1) is 22.6. The average Bonchev–Trinajstić information content (AvgIpc) is 2.63. The number of nitriles is 1. The Labute approximate surface area is 160 Å². The molecule has 148 valence electrons. The molecule has 0 saturated carbocycles. The second-order valence-corrected chi connectivity index (χ2v) is 8.03. The van der Waals surface area contributed by atoms with E-state index in [4.69, 9.17) is 5.26 Å². The molecular formula is C19H26N2O5S. The maximum atomic E-state index is 12.1. The van der Waals surface area contributed by atoms with E-state index in [2.05, 4.69) is 16.4 Å². The SMILES string of the molecule is CCCCCCCCS(=O)(=O)Nc1ccc(C(=O)COC(=O)CC#N)cc1. The highest BCUT2D eigenvalue weighted by atomic mass is 32.2. The molecule has 0 atom stereocenters. The van der Waals surface area contributed by atoms with E-state index in [0.717, 1.165) is 25.7 Å². The van der Waals surface area contributed by atoms with E-state index in [1.165, 1.54) is 30.7 Å². The van der Waals surface area contributed by atoms with Crippen molar-refractivity contribution in [3.8, 4) is 6.07 Å². The van der Waals surface area contributed by atoms with E-state index < -0.39 is 34.8 Å². The number of nitrogens with one attached hydrogen (secondary N) is 1. The van der Waals surface area contributed by atoms with Gasteiger partial charge in [-0.1, -0.05) is 39.0 Å². The average molecular weight is 394 g/mol. The van der Waals surface area contributed by atoms with Crippen LogP contribution in [0.5, 0.6) is 0 Å². The van der Waals surface area contributed by atoms with Gasteiger partial charge in [0.1, 0.15) is 6.42 Å². The Kier molecular flexibility index (Phi) is 10.1. The molecule has 8 heteroatoms. The van der Waals surface area contributed by atoms with Crippen LogP contribution in [0, 0.1) is 11.3 Å². The zero-order valence-corrected chi connectivity index (χ0v) is 16.4. The third-order valence-electron chi connectivity index (χ3n) is 3.83. The second-order valence-electron chi connectivity index (χ2n) is 6.18. The summed E-state index contributed by atoms with van der Waals surface area (Å²) in [7, 11) is -3.42. The summed E-state index contributed by atoms with van der Waals surface area (Å²) in [6.45, 7) is 1.68. The Morgan fingerprint density at radius 3 is 2.33 bits per heavy atom. The van der Waals surface area contributed by atoms with Crippen molar-refractivity contribution in [2.75, 3.05) is 17.1 Å². The molecule has 0 aliphatic carbocycles. The van der Waals surface area contributed by atoms with Crippen molar-refractivity contribution in [3.63, 3.8) is 0 Å². The number of nitrogens with zero attached hydrogens (tertiary/aromatic N) is 1. The van der Waals surface area contributed by atoms with E-state index in [1.807, 2.05) is 0 Å². The molecule has 0 bridgehead atoms. The van der Waals surface area contributed by atoms with Crippen LogP contribution in [0.4, 0.5) is 5.69 Å². The van der Waals surface area contributed by atoms with Gasteiger partial charge in [-0.05, 0) is 30.7 Å². The van der Waals surface area contributed by atoms with Crippen LogP contribution in [-0.4, -0.2) is 32.5 Å². The van der Waals surface area contributed by atoms with Crippen molar-refractivity contribution in [1.82, 2.24) is 0 Å². The summed E-state index contributed by atoms with van der Waals surface area (Å²) in [6, 6.07) is 7.54. The fourth-order valence-electron chi connectivity index (χ4n) is 2.37. The van der Waals surface area contributed by atoms with Crippen molar-refractivity contribution < 1.29 is 22.7 Å². The van der Waals surface area contributed by atoms with E-state index in [0.29, 0.717) is 17.7 Å². The van der Waals surface area contributed by atoms with Gasteiger partial charge in [0.25, 0.3) is 0 Å². The third-order valence-corrected chi connectivity index (χ3v) is 5.21. The Morgan fingerprint density at radius 2 is 1.70 bits per heavy atom. The summed E-state index contributed by atoms with van der Waals surface area (Å²) in [5.41, 5.74) is 0.664. The zero-order valence-electron chi connectivity index (χ0n) is 15.6. The van der Waals surface area contributed by atoms with Gasteiger partial charge in [-0.2, -0.15) is 5.26 Å². The minimum absolute atomic E-state index is 0.0641. The number of unbranched alkanes of at least 4 members (excludes halogenated alkanes) is 5. The smallest absolute Gasteiger partial charge is 0.320 e. The number of sulfonamides is 1. The van der Waals surface area contributed by atoms with Crippen molar-refractivity contribution in [2.45, 2.75) is 51.9 Å². The fraction of sp³-hybridized carbons (Fsp3) is 0.526. The fourth-order valence-corrected chi connectivity index (χ4v) is 3.55. The van der Waals surface area contributed by atoms with Gasteiger partial charge in [0.2, 0.25) is 10.0 Å². The second kappa shape index (κ2) is 12.1. The van der Waals surface area contributed by atoms with Crippen LogP contribution in [0.1, 0.15) is 62.2 Å². The van der Waals surface area contributed by atoms with Crippen LogP contribution in [0.3, 0.4) is 0 Å². The highest BCUT2D eigenvalue weighted by Gasteiger charge is 2.12. The minimum atomic E-state index is -3.42. The Balaban J connectivity index is 2.45. The molecule has 0 aliphatic rings. The van der Waals surface area contributed by atoms with Gasteiger partial charge in [0.05, 0.1) is 11.8 Å². The lowest BCUT2D eigenvalue weighted by Crippen LogP contribution is -2.17. The van der Waals surface area contributed by atoms with Gasteiger partial charge < -0.3 is 4.74 Å². The highest BCUT2D eigenvalue weighted by Crippen LogP contribution is 2.14. The van der Waals surface area contributed by atoms with Crippen LogP contribution >= 0.6 is 0 Å². The van der Waals surface area contributed by atoms with Gasteiger partial charge in [-0.3, -0.25) is 14.3 Å². The van der Waals surface area contributed by atoms with Crippen molar-refractivity contribution in [3.05, 3.63) is 29.8 Å². The van der Waals surface area contributed by atoms with Gasteiger partial charge >= 0.3 is 5.97 Å². The molecule has 0 aliphatic heterocycles. The number of ketones is 1. The number of ether oxygens (including phenoxy) is 1. The van der Waals surface area contributed by atoms with Crippen molar-refractivity contribution in [2.24, 2.45) is 0 Å². The molecule has 27 heavy (non-hydrogen) atoms. The number of carbonyl (C=O) groups excluding carboxylic acids is 2. The monoisotopic (exact) mass is 394 g/mol. The summed E-state index contributed by atoms with van der Waals surface area (Å²) in [4.78, 5) is 23.0. The standard InChI is InChI=1S/C19H26N2O5S/c1-2-3-4-5-6-7-14-27(24,25)21-17-10-8-16(9-11-17)18(22)15-26-19(23)12-13-20/h8-11,21H,2-7,12,14-15H2,1H3. The van der Waals surface area contributed by atoms with Gasteiger partial charge in [0.15, 0.2) is 12.4 Å². The van der Waals surface area contributed by atoms with E-state index in [-0.39, 0.29) is 5.75 Å². The third kappa shape index (κ3) is 9.75. The summed E-state index contributed by atoms with van der Waals surface area (Å²) in [6.07, 6.45) is 5.59. The molecule has 0 saturated heterocycles. The molecule has 0 aromatic heterocycles. The van der Waals surface area contributed by atoms with Gasteiger partial charge in [-0.15, -0.1) is 0 Å². The minimum Gasteiger partial charge on any atom is -0.457 e. The van der Waals surface area contributed by atoms with Crippen LogP contribution in [0.15, 0.2) is 24.3 Å². The predicted molar refractivity (Wildman–Crippen MR) is 103 cm³/mol. The van der Waals surface area contributed by atoms with Crippen LogP contribution < -0.4 is 4.72 Å². The first-order valence-electron chi connectivity index (χ1n) is 9.04. The molecule has 1 aromatic rings. The quantitative estimate of drug-likeness (QED) is 0.311. The van der Waals surface area contributed by atoms with Gasteiger partial charge in [0, 0.05) is 11.3 Å². The molecule has 0 radical (unpaired) electrons. The number of hydrogen-bond acceptors (Lipinski definition) is 6. The molecule has 0 unspecified atom stereocenters. The van der Waals surface area contributed by atoms with Crippen LogP contribution in [0.25, 0.3) is 0 Å². The molecular weight excluding hydrogens is 368 g/mol. The van der Waals surface area contributed by atoms with E-state index in [9.17, 15) is 18.0 Å². The Bertz CT molecular complexity index is 751. The molecule has 1 aromatic carbocycles. The number of hydrogen-bond donors (Lipinski definition) is 1. The summed E-state index contributed by atoms with van der Waals surface area (Å²) in [5, 5.41) is 8.35. The lowest BCUT2D eigenvalue weighted by atomic mass is 10.1. The van der Waals surface area contributed by atoms with Crippen LogP contribution in [0.2, 0.25) is 0 Å². The topological polar surface area (TPSA) is 113 Å². The lowest BCUT2D eigenvalue weighted by Gasteiger charge is -2.09. The first-order valence-corrected chi connectivity index (χ1v) is 10.7. The normalized spacial score (nSPS) is 10.8. The van der Waals surface area contributed by atoms with E-state index in [1.54, 1.807) is 6.07 Å². The maximum absolute atomic E-state index is 12.1. The molecule has 1 N–H and O–H groups in total. The predicted octanol–water partition coefficient (Wildman–Crippen LogP) is 3.43. The first-order chi connectivity index (χ1) is 12.9. The molecule has 0 fully saturated rings. The molecule has 0 heterocycles. The van der Waals surface area contributed by atoms with Crippen molar-refractivity contribution in [1.29, 1.82) is 5.26 Å². The number of rotatable bonds is 13. The van der Waals surface area contributed by atoms with Crippen molar-refractivity contribution >= 4 is 27.5 Å².